The first kappa shape index (κ1) is 22.3. The zero-order chi connectivity index (χ0) is 22.5. The predicted molar refractivity (Wildman–Crippen MR) is 126 cm³/mol. The third kappa shape index (κ3) is 5.13. The number of nitrogens with zero attached hydrogens (tertiary/aromatic N) is 2. The second-order valence-corrected chi connectivity index (χ2v) is 8.72. The Kier molecular flexibility index (Phi) is 7.10. The second kappa shape index (κ2) is 10.2. The Bertz CT molecular complexity index is 1080. The second-order valence-electron chi connectivity index (χ2n) is 8.72. The number of hydrogen-bond donors (Lipinski definition) is 2. The Labute approximate surface area is 188 Å². The molecule has 1 fully saturated rings. The highest BCUT2D eigenvalue weighted by Crippen LogP contribution is 2.29. The highest BCUT2D eigenvalue weighted by atomic mass is 19.1. The molecular weight excluding hydrogens is 405 g/mol. The van der Waals surface area contributed by atoms with Crippen molar-refractivity contribution in [3.8, 4) is 5.88 Å². The molecule has 5 nitrogen and oxygen atoms in total. The standard InChI is InChI=1S/C26H32FN3O2/c1-2-23-9-3-4-13-29(23)14-6-12-28-25(31)20-10-11-21-18-30(26(32)24(21)16-20)17-19-7-5-8-22(27)15-19/h5,7-8,10-11,15-16,18,23,32H,2-4,6,9,12-14,17H2,1H3,(H,28,31). The van der Waals surface area contributed by atoms with E-state index >= 15 is 0 Å². The number of carbonyl (C=O) groups excluding carboxylic acids is 1. The molecule has 1 aliphatic rings. The summed E-state index contributed by atoms with van der Waals surface area (Å²) in [6.07, 6.45) is 7.82. The maximum atomic E-state index is 13.5. The van der Waals surface area contributed by atoms with Crippen LogP contribution in [0.25, 0.3) is 10.8 Å². The Morgan fingerprint density at radius 1 is 1.22 bits per heavy atom. The molecule has 1 amide bonds. The van der Waals surface area contributed by atoms with E-state index in [1.165, 1.54) is 37.8 Å². The Hall–Kier alpha value is -2.86. The summed E-state index contributed by atoms with van der Waals surface area (Å²) in [5.41, 5.74) is 1.29. The topological polar surface area (TPSA) is 57.5 Å². The van der Waals surface area contributed by atoms with Crippen LogP contribution in [0.5, 0.6) is 5.88 Å². The van der Waals surface area contributed by atoms with Crippen molar-refractivity contribution in [1.29, 1.82) is 0 Å². The molecule has 0 bridgehead atoms. The van der Waals surface area contributed by atoms with Gasteiger partial charge in [0, 0.05) is 41.7 Å². The first-order valence-corrected chi connectivity index (χ1v) is 11.6. The molecule has 1 saturated heterocycles. The van der Waals surface area contributed by atoms with Gasteiger partial charge >= 0.3 is 0 Å². The maximum absolute atomic E-state index is 13.5. The summed E-state index contributed by atoms with van der Waals surface area (Å²) in [6, 6.07) is 12.3. The zero-order valence-corrected chi connectivity index (χ0v) is 18.7. The summed E-state index contributed by atoms with van der Waals surface area (Å²) in [6.45, 7) is 5.42. The fourth-order valence-corrected chi connectivity index (χ4v) is 4.74. The zero-order valence-electron chi connectivity index (χ0n) is 18.7. The van der Waals surface area contributed by atoms with Gasteiger partial charge in [-0.25, -0.2) is 4.39 Å². The Balaban J connectivity index is 1.36. The van der Waals surface area contributed by atoms with Crippen LogP contribution >= 0.6 is 0 Å². The van der Waals surface area contributed by atoms with Crippen molar-refractivity contribution in [1.82, 2.24) is 14.8 Å². The van der Waals surface area contributed by atoms with Gasteiger partial charge in [-0.3, -0.25) is 4.79 Å². The molecule has 2 heterocycles. The summed E-state index contributed by atoms with van der Waals surface area (Å²) >= 11 is 0. The summed E-state index contributed by atoms with van der Waals surface area (Å²) in [5, 5.41) is 15.1. The van der Waals surface area contributed by atoms with E-state index in [1.807, 2.05) is 18.3 Å². The number of hydrogen-bond acceptors (Lipinski definition) is 3. The normalized spacial score (nSPS) is 17.0. The SMILES string of the molecule is CCC1CCCCN1CCCNC(=O)c1ccc2cn(Cc3cccc(F)c3)c(O)c2c1. The number of aromatic nitrogens is 1. The van der Waals surface area contributed by atoms with Gasteiger partial charge in [-0.05, 0) is 62.1 Å². The quantitative estimate of drug-likeness (QED) is 0.492. The highest BCUT2D eigenvalue weighted by molar-refractivity contribution is 6.00. The van der Waals surface area contributed by atoms with Crippen molar-refractivity contribution in [2.45, 2.75) is 51.6 Å². The number of amides is 1. The number of piperidine rings is 1. The largest absolute Gasteiger partial charge is 0.494 e. The van der Waals surface area contributed by atoms with E-state index in [1.54, 1.807) is 22.8 Å². The molecule has 170 valence electrons. The molecule has 1 aliphatic heterocycles. The van der Waals surface area contributed by atoms with Crippen molar-refractivity contribution in [3.63, 3.8) is 0 Å². The van der Waals surface area contributed by atoms with Crippen molar-refractivity contribution in [2.75, 3.05) is 19.6 Å². The molecular formula is C26H32FN3O2. The number of carbonyl (C=O) groups is 1. The van der Waals surface area contributed by atoms with E-state index in [-0.39, 0.29) is 17.6 Å². The van der Waals surface area contributed by atoms with E-state index in [2.05, 4.69) is 17.1 Å². The first-order chi connectivity index (χ1) is 15.5. The molecule has 0 saturated carbocycles. The highest BCUT2D eigenvalue weighted by Gasteiger charge is 2.20. The van der Waals surface area contributed by atoms with Crippen LogP contribution in [0.2, 0.25) is 0 Å². The third-order valence-electron chi connectivity index (χ3n) is 6.49. The molecule has 1 aromatic heterocycles. The van der Waals surface area contributed by atoms with Gasteiger partial charge in [0.1, 0.15) is 5.82 Å². The molecule has 3 aromatic rings. The monoisotopic (exact) mass is 437 g/mol. The van der Waals surface area contributed by atoms with E-state index < -0.39 is 0 Å². The summed E-state index contributed by atoms with van der Waals surface area (Å²) in [4.78, 5) is 15.2. The smallest absolute Gasteiger partial charge is 0.251 e. The van der Waals surface area contributed by atoms with Crippen LogP contribution in [0.1, 0.15) is 54.9 Å². The predicted octanol–water partition coefficient (Wildman–Crippen LogP) is 4.92. The Morgan fingerprint density at radius 3 is 2.91 bits per heavy atom. The lowest BCUT2D eigenvalue weighted by Crippen LogP contribution is -2.40. The van der Waals surface area contributed by atoms with Crippen LogP contribution < -0.4 is 5.32 Å². The van der Waals surface area contributed by atoms with Crippen LogP contribution in [0.3, 0.4) is 0 Å². The van der Waals surface area contributed by atoms with Gasteiger partial charge in [0.05, 0.1) is 6.54 Å². The number of nitrogens with one attached hydrogen (secondary N) is 1. The van der Waals surface area contributed by atoms with E-state index in [4.69, 9.17) is 0 Å². The van der Waals surface area contributed by atoms with Gasteiger partial charge in [0.2, 0.25) is 0 Å². The van der Waals surface area contributed by atoms with Crippen molar-refractivity contribution in [2.24, 2.45) is 0 Å². The summed E-state index contributed by atoms with van der Waals surface area (Å²) in [7, 11) is 0. The molecule has 0 aliphatic carbocycles. The number of halogens is 1. The minimum atomic E-state index is -0.303. The van der Waals surface area contributed by atoms with Crippen molar-refractivity contribution < 1.29 is 14.3 Å². The van der Waals surface area contributed by atoms with Gasteiger partial charge in [-0.1, -0.05) is 31.5 Å². The van der Waals surface area contributed by atoms with Gasteiger partial charge in [-0.2, -0.15) is 0 Å². The summed E-state index contributed by atoms with van der Waals surface area (Å²) < 4.78 is 15.1. The average Bonchev–Trinajstić information content (AvgIpc) is 3.11. The van der Waals surface area contributed by atoms with Gasteiger partial charge in [0.15, 0.2) is 5.88 Å². The minimum absolute atomic E-state index is 0.0783. The van der Waals surface area contributed by atoms with Crippen molar-refractivity contribution in [3.05, 3.63) is 65.6 Å². The van der Waals surface area contributed by atoms with Crippen LogP contribution in [-0.4, -0.2) is 46.2 Å². The molecule has 1 unspecified atom stereocenters. The van der Waals surface area contributed by atoms with Crippen LogP contribution in [-0.2, 0) is 6.54 Å². The van der Waals surface area contributed by atoms with Crippen molar-refractivity contribution >= 4 is 16.7 Å². The fourth-order valence-electron chi connectivity index (χ4n) is 4.74. The lowest BCUT2D eigenvalue weighted by molar-refractivity contribution is 0.0947. The summed E-state index contributed by atoms with van der Waals surface area (Å²) in [5.74, 6) is -0.354. The molecule has 4 rings (SSSR count). The van der Waals surface area contributed by atoms with E-state index in [0.29, 0.717) is 30.1 Å². The van der Waals surface area contributed by atoms with E-state index in [9.17, 15) is 14.3 Å². The molecule has 0 radical (unpaired) electrons. The van der Waals surface area contributed by atoms with Crippen LogP contribution in [0.15, 0.2) is 48.7 Å². The lowest BCUT2D eigenvalue weighted by atomic mass is 10.00. The number of fused-ring (bicyclic) bond motifs is 1. The molecule has 2 aromatic carbocycles. The van der Waals surface area contributed by atoms with Gasteiger partial charge in [0.25, 0.3) is 5.91 Å². The minimum Gasteiger partial charge on any atom is -0.494 e. The van der Waals surface area contributed by atoms with Crippen LogP contribution in [0, 0.1) is 5.82 Å². The molecule has 6 heteroatoms. The Morgan fingerprint density at radius 2 is 2.09 bits per heavy atom. The number of aromatic hydroxyl groups is 1. The molecule has 1 atom stereocenters. The molecule has 2 N–H and O–H groups in total. The van der Waals surface area contributed by atoms with Gasteiger partial charge < -0.3 is 19.9 Å². The molecule has 32 heavy (non-hydrogen) atoms. The van der Waals surface area contributed by atoms with E-state index in [0.717, 1.165) is 30.5 Å². The number of benzene rings is 2. The van der Waals surface area contributed by atoms with Crippen LogP contribution in [0.4, 0.5) is 4.39 Å². The van der Waals surface area contributed by atoms with Gasteiger partial charge in [-0.15, -0.1) is 0 Å². The lowest BCUT2D eigenvalue weighted by Gasteiger charge is -2.35. The fraction of sp³-hybridized carbons (Fsp3) is 0.423. The maximum Gasteiger partial charge on any atom is 0.251 e. The third-order valence-corrected chi connectivity index (χ3v) is 6.49. The molecule has 0 spiro atoms. The number of rotatable bonds is 8. The number of likely N-dealkylation sites (tertiary alicyclic amines) is 1. The first-order valence-electron chi connectivity index (χ1n) is 11.6. The average molecular weight is 438 g/mol.